The zero-order valence-electron chi connectivity index (χ0n) is 14.5. The molecule has 1 aliphatic rings. The van der Waals surface area contributed by atoms with Crippen LogP contribution in [0.15, 0.2) is 24.3 Å². The highest BCUT2D eigenvalue weighted by Gasteiger charge is 2.23. The van der Waals surface area contributed by atoms with E-state index in [0.717, 1.165) is 43.9 Å². The van der Waals surface area contributed by atoms with Crippen LogP contribution in [0.1, 0.15) is 25.7 Å². The highest BCUT2D eigenvalue weighted by atomic mass is 16.5. The van der Waals surface area contributed by atoms with E-state index in [1.165, 1.54) is 0 Å². The van der Waals surface area contributed by atoms with Gasteiger partial charge in [0.2, 0.25) is 5.91 Å². The number of piperidine rings is 1. The summed E-state index contributed by atoms with van der Waals surface area (Å²) >= 11 is 0. The van der Waals surface area contributed by atoms with Crippen molar-refractivity contribution >= 4 is 5.91 Å². The molecule has 0 N–H and O–H groups in total. The number of hydrogen-bond acceptors (Lipinski definition) is 4. The number of rotatable bonds is 7. The molecule has 5 nitrogen and oxygen atoms in total. The van der Waals surface area contributed by atoms with Gasteiger partial charge >= 0.3 is 0 Å². The molecule has 1 saturated heterocycles. The molecule has 2 rings (SSSR count). The number of carbonyl (C=O) groups excluding carboxylic acids is 1. The first kappa shape index (κ1) is 17.6. The van der Waals surface area contributed by atoms with Gasteiger partial charge in [-0.1, -0.05) is 0 Å². The van der Waals surface area contributed by atoms with Crippen molar-refractivity contribution in [2.75, 3.05) is 40.9 Å². The second-order valence-electron chi connectivity index (χ2n) is 6.17. The van der Waals surface area contributed by atoms with Gasteiger partial charge in [-0.2, -0.15) is 0 Å². The topological polar surface area (TPSA) is 42.0 Å². The van der Waals surface area contributed by atoms with Crippen molar-refractivity contribution in [1.82, 2.24) is 9.80 Å². The average Bonchev–Trinajstić information content (AvgIpc) is 2.59. The monoisotopic (exact) mass is 320 g/mol. The molecule has 0 radical (unpaired) electrons. The van der Waals surface area contributed by atoms with Crippen molar-refractivity contribution in [1.29, 1.82) is 0 Å². The zero-order valence-corrected chi connectivity index (χ0v) is 14.5. The smallest absolute Gasteiger partial charge is 0.222 e. The number of nitrogens with zero attached hydrogens (tertiary/aromatic N) is 2. The summed E-state index contributed by atoms with van der Waals surface area (Å²) in [6.07, 6.45) is 3.42. The van der Waals surface area contributed by atoms with Gasteiger partial charge in [0.05, 0.1) is 13.7 Å². The van der Waals surface area contributed by atoms with Gasteiger partial charge in [-0.15, -0.1) is 0 Å². The Morgan fingerprint density at radius 1 is 1.22 bits per heavy atom. The Morgan fingerprint density at radius 2 is 1.83 bits per heavy atom. The van der Waals surface area contributed by atoms with Crippen molar-refractivity contribution in [2.24, 2.45) is 0 Å². The Morgan fingerprint density at radius 3 is 2.43 bits per heavy atom. The number of amides is 1. The maximum absolute atomic E-state index is 12.3. The van der Waals surface area contributed by atoms with E-state index in [1.807, 2.05) is 36.2 Å². The van der Waals surface area contributed by atoms with Crippen LogP contribution in [0.5, 0.6) is 11.5 Å². The van der Waals surface area contributed by atoms with Crippen molar-refractivity contribution < 1.29 is 14.3 Å². The number of ether oxygens (including phenoxy) is 2. The van der Waals surface area contributed by atoms with Gasteiger partial charge in [-0.05, 0) is 63.7 Å². The van der Waals surface area contributed by atoms with Crippen LogP contribution in [0.3, 0.4) is 0 Å². The first-order valence-corrected chi connectivity index (χ1v) is 8.31. The van der Waals surface area contributed by atoms with E-state index < -0.39 is 0 Å². The predicted molar refractivity (Wildman–Crippen MR) is 91.0 cm³/mol. The third-order valence-electron chi connectivity index (χ3n) is 4.49. The molecule has 0 aliphatic carbocycles. The van der Waals surface area contributed by atoms with Crippen LogP contribution >= 0.6 is 0 Å². The average molecular weight is 320 g/mol. The second-order valence-corrected chi connectivity index (χ2v) is 6.17. The Balaban J connectivity index is 1.65. The summed E-state index contributed by atoms with van der Waals surface area (Å²) in [5, 5.41) is 0. The van der Waals surface area contributed by atoms with E-state index in [9.17, 15) is 4.79 Å². The summed E-state index contributed by atoms with van der Waals surface area (Å²) in [4.78, 5) is 16.5. The van der Waals surface area contributed by atoms with E-state index in [1.54, 1.807) is 7.11 Å². The number of methoxy groups -OCH3 is 1. The second kappa shape index (κ2) is 8.77. The Kier molecular flexibility index (Phi) is 6.71. The Labute approximate surface area is 139 Å². The maximum Gasteiger partial charge on any atom is 0.222 e. The number of hydrogen-bond donors (Lipinski definition) is 0. The van der Waals surface area contributed by atoms with Gasteiger partial charge in [0.1, 0.15) is 11.5 Å². The van der Waals surface area contributed by atoms with E-state index >= 15 is 0 Å². The quantitative estimate of drug-likeness (QED) is 0.724. The highest BCUT2D eigenvalue weighted by Crippen LogP contribution is 2.18. The number of carbonyl (C=O) groups is 1. The lowest BCUT2D eigenvalue weighted by Gasteiger charge is -2.35. The van der Waals surface area contributed by atoms with Gasteiger partial charge in [0, 0.05) is 19.5 Å². The lowest BCUT2D eigenvalue weighted by Crippen LogP contribution is -2.44. The SMILES string of the molecule is COc1ccc(OCCCC(=O)N(C)C2CCN(C)CC2)cc1. The summed E-state index contributed by atoms with van der Waals surface area (Å²) in [6, 6.07) is 7.89. The molecule has 0 bridgehead atoms. The molecular weight excluding hydrogens is 292 g/mol. The lowest BCUT2D eigenvalue weighted by atomic mass is 10.0. The van der Waals surface area contributed by atoms with Gasteiger partial charge in [-0.25, -0.2) is 0 Å². The third-order valence-corrected chi connectivity index (χ3v) is 4.49. The zero-order chi connectivity index (χ0) is 16.7. The van der Waals surface area contributed by atoms with Crippen LogP contribution in [0, 0.1) is 0 Å². The molecule has 0 atom stereocenters. The largest absolute Gasteiger partial charge is 0.497 e. The summed E-state index contributed by atoms with van der Waals surface area (Å²) < 4.78 is 10.8. The van der Waals surface area contributed by atoms with Crippen molar-refractivity contribution in [3.8, 4) is 11.5 Å². The van der Waals surface area contributed by atoms with Crippen LogP contribution in [0.25, 0.3) is 0 Å². The molecule has 1 aromatic carbocycles. The van der Waals surface area contributed by atoms with Crippen molar-refractivity contribution in [3.05, 3.63) is 24.3 Å². The molecule has 0 unspecified atom stereocenters. The molecule has 1 aliphatic heterocycles. The third kappa shape index (κ3) is 5.43. The minimum atomic E-state index is 0.220. The standard InChI is InChI=1S/C18H28N2O3/c1-19-12-10-15(11-13-19)20(2)18(21)5-4-14-23-17-8-6-16(22-3)7-9-17/h6-9,15H,4-5,10-14H2,1-3H3. The van der Waals surface area contributed by atoms with Crippen LogP contribution < -0.4 is 9.47 Å². The summed E-state index contributed by atoms with van der Waals surface area (Å²) in [6.45, 7) is 2.70. The maximum atomic E-state index is 12.3. The molecule has 0 saturated carbocycles. The van der Waals surface area contributed by atoms with Gasteiger partial charge < -0.3 is 19.3 Å². The minimum Gasteiger partial charge on any atom is -0.497 e. The number of likely N-dealkylation sites (tertiary alicyclic amines) is 1. The molecule has 0 aromatic heterocycles. The van der Waals surface area contributed by atoms with Gasteiger partial charge in [-0.3, -0.25) is 4.79 Å². The molecule has 23 heavy (non-hydrogen) atoms. The molecule has 1 amide bonds. The van der Waals surface area contributed by atoms with Gasteiger partial charge in [0.25, 0.3) is 0 Å². The van der Waals surface area contributed by atoms with Crippen molar-refractivity contribution in [3.63, 3.8) is 0 Å². The fourth-order valence-corrected chi connectivity index (χ4v) is 2.85. The molecule has 5 heteroatoms. The van der Waals surface area contributed by atoms with Gasteiger partial charge in [0.15, 0.2) is 0 Å². The van der Waals surface area contributed by atoms with E-state index in [2.05, 4.69) is 11.9 Å². The molecule has 1 fully saturated rings. The Bertz CT molecular complexity index is 482. The molecule has 0 spiro atoms. The van der Waals surface area contributed by atoms with E-state index in [-0.39, 0.29) is 5.91 Å². The summed E-state index contributed by atoms with van der Waals surface area (Å²) in [5.41, 5.74) is 0. The minimum absolute atomic E-state index is 0.220. The fourth-order valence-electron chi connectivity index (χ4n) is 2.85. The lowest BCUT2D eigenvalue weighted by molar-refractivity contribution is -0.133. The van der Waals surface area contributed by atoms with E-state index in [0.29, 0.717) is 19.1 Å². The van der Waals surface area contributed by atoms with Crippen LogP contribution in [0.2, 0.25) is 0 Å². The van der Waals surface area contributed by atoms with Crippen LogP contribution in [-0.4, -0.2) is 62.7 Å². The molecule has 1 heterocycles. The molecule has 128 valence electrons. The first-order valence-electron chi connectivity index (χ1n) is 8.31. The Hall–Kier alpha value is -1.75. The predicted octanol–water partition coefficient (Wildman–Crippen LogP) is 2.41. The molecular formula is C18H28N2O3. The first-order chi connectivity index (χ1) is 11.1. The summed E-state index contributed by atoms with van der Waals surface area (Å²) in [5.74, 6) is 1.84. The van der Waals surface area contributed by atoms with Crippen molar-refractivity contribution in [2.45, 2.75) is 31.7 Å². The van der Waals surface area contributed by atoms with E-state index in [4.69, 9.17) is 9.47 Å². The van der Waals surface area contributed by atoms with Crippen LogP contribution in [0.4, 0.5) is 0 Å². The summed E-state index contributed by atoms with van der Waals surface area (Å²) in [7, 11) is 5.71. The number of benzene rings is 1. The highest BCUT2D eigenvalue weighted by molar-refractivity contribution is 5.76. The van der Waals surface area contributed by atoms with Crippen LogP contribution in [-0.2, 0) is 4.79 Å². The molecule has 1 aromatic rings. The normalized spacial score (nSPS) is 16.1. The fraction of sp³-hybridized carbons (Fsp3) is 0.611.